The average molecular weight is 907 g/mol. The topological polar surface area (TPSA) is 72.5 Å². The van der Waals surface area contributed by atoms with Gasteiger partial charge in [0.15, 0.2) is 25.0 Å². The molecule has 0 fully saturated rings. The lowest BCUT2D eigenvalue weighted by Crippen LogP contribution is -2.45. The van der Waals surface area contributed by atoms with Crippen molar-refractivity contribution in [1.82, 2.24) is 0 Å². The van der Waals surface area contributed by atoms with Crippen LogP contribution in [-0.2, 0) is 8.23 Å². The molecule has 0 atom stereocenters. The molecule has 3 aromatic carbocycles. The van der Waals surface area contributed by atoms with Crippen LogP contribution < -0.4 is 18.9 Å². The Bertz CT molecular complexity index is 2040. The van der Waals surface area contributed by atoms with Crippen LogP contribution in [-0.4, -0.2) is 54.6 Å². The zero-order valence-electron chi connectivity index (χ0n) is 38.8. The summed E-state index contributed by atoms with van der Waals surface area (Å²) in [7, 11) is -4.33. The maximum atomic E-state index is 13.6. The van der Waals surface area contributed by atoms with E-state index in [0.717, 1.165) is 71.7 Å². The minimum Gasteiger partial charge on any atom is -0.494 e. The van der Waals surface area contributed by atoms with E-state index in [2.05, 4.69) is 100.0 Å². The molecule has 332 valence electrons. The maximum Gasteiger partial charge on any atom is 0.347 e. The molecular weight excluding hydrogens is 837 g/mol. The number of terminal acetylenes is 1. The van der Waals surface area contributed by atoms with E-state index < -0.39 is 30.9 Å². The van der Waals surface area contributed by atoms with Gasteiger partial charge in [-0.3, -0.25) is 0 Å². The molecule has 0 N–H and O–H groups in total. The van der Waals surface area contributed by atoms with E-state index >= 15 is 0 Å². The summed E-state index contributed by atoms with van der Waals surface area (Å²) >= 11 is 0. The minimum atomic E-state index is -1.82. The number of carbonyl (C=O) groups is 1. The van der Waals surface area contributed by atoms with E-state index in [1.54, 1.807) is 30.3 Å². The molecule has 0 aromatic heterocycles. The number of rotatable bonds is 28. The molecule has 0 amide bonds. The quantitative estimate of drug-likeness (QED) is 0.0236. The van der Waals surface area contributed by atoms with Gasteiger partial charge < -0.3 is 27.2 Å². The van der Waals surface area contributed by atoms with E-state index in [4.69, 9.17) is 33.6 Å². The summed E-state index contributed by atoms with van der Waals surface area (Å²) in [4.78, 5) is 13.6. The molecule has 0 heterocycles. The van der Waals surface area contributed by atoms with Gasteiger partial charge in [0.25, 0.3) is 0 Å². The number of esters is 1. The SMILES string of the molecule is C#CC#CC#CC#COc1ccc(C(=O)Oc2ccc(-c3ccc(OCCCCCCCCCCC)cc3)cc2)c(OCCCCC[Si](C)(C)O[Si](C)(C)CC[Si](C)(C)O[SiH3])c1. The van der Waals surface area contributed by atoms with E-state index in [9.17, 15) is 4.79 Å². The Kier molecular flexibility index (Phi) is 23.7. The summed E-state index contributed by atoms with van der Waals surface area (Å²) in [6.45, 7) is 17.4. The standard InChI is InChI=1S/C51H70O7Si4/c1-9-11-13-15-17-18-19-21-23-37-53-46-31-27-44(28-32-46)45-29-33-47(34-30-45)56-51(52)49-36-35-48(54-38-24-20-16-14-12-10-2)43-50(49)55-39-25-22-26-40-61(5,6)58-62(7,8)42-41-60(3,4)57-59/h2,27-36,43H,9,11,13,15,17-19,21-23,25-26,37,39-42H2,1,3-8,59H3. The summed E-state index contributed by atoms with van der Waals surface area (Å²) in [5.74, 6) is 16.3. The predicted octanol–water partition coefficient (Wildman–Crippen LogP) is 11.9. The second kappa shape index (κ2) is 28.3. The molecule has 3 rings (SSSR count). The Hall–Kier alpha value is -4.44. The summed E-state index contributed by atoms with van der Waals surface area (Å²) in [6, 6.07) is 23.9. The molecule has 0 aliphatic carbocycles. The van der Waals surface area contributed by atoms with E-state index in [0.29, 0.717) is 23.9 Å². The van der Waals surface area contributed by atoms with Crippen LogP contribution in [0, 0.1) is 48.1 Å². The molecule has 0 saturated heterocycles. The molecule has 0 spiro atoms. The number of ether oxygens (including phenoxy) is 4. The maximum absolute atomic E-state index is 13.6. The zero-order chi connectivity index (χ0) is 45.1. The first-order chi connectivity index (χ1) is 29.8. The van der Waals surface area contributed by atoms with Gasteiger partial charge in [0.2, 0.25) is 0 Å². The molecule has 0 aliphatic rings. The fraction of sp³-hybridized carbons (Fsp3) is 0.471. The van der Waals surface area contributed by atoms with Crippen molar-refractivity contribution in [1.29, 1.82) is 0 Å². The molecule has 0 aliphatic heterocycles. The molecule has 0 unspecified atom stereocenters. The van der Waals surface area contributed by atoms with Crippen molar-refractivity contribution in [2.45, 2.75) is 141 Å². The highest BCUT2D eigenvalue weighted by Crippen LogP contribution is 2.30. The van der Waals surface area contributed by atoms with Crippen molar-refractivity contribution >= 4 is 41.4 Å². The lowest BCUT2D eigenvalue weighted by Gasteiger charge is -2.35. The van der Waals surface area contributed by atoms with Gasteiger partial charge in [-0.25, -0.2) is 4.79 Å². The molecule has 62 heavy (non-hydrogen) atoms. The Balaban J connectivity index is 1.56. The fourth-order valence-corrected chi connectivity index (χ4v) is 20.4. The second-order valence-corrected chi connectivity index (χ2v) is 32.0. The van der Waals surface area contributed by atoms with Gasteiger partial charge in [-0.1, -0.05) is 95.4 Å². The molecule has 11 heteroatoms. The van der Waals surface area contributed by atoms with Crippen LogP contribution in [0.2, 0.25) is 57.4 Å². The van der Waals surface area contributed by atoms with Gasteiger partial charge in [-0.15, -0.1) is 6.42 Å². The fourth-order valence-electron chi connectivity index (χ4n) is 6.88. The first kappa shape index (κ1) is 51.9. The third kappa shape index (κ3) is 21.6. The third-order valence-corrected chi connectivity index (χ3v) is 24.4. The molecular formula is C51H70O7Si4. The van der Waals surface area contributed by atoms with Gasteiger partial charge in [0.1, 0.15) is 45.2 Å². The number of hydrogen-bond acceptors (Lipinski definition) is 7. The largest absolute Gasteiger partial charge is 0.494 e. The van der Waals surface area contributed by atoms with Crippen molar-refractivity contribution in [2.75, 3.05) is 13.2 Å². The van der Waals surface area contributed by atoms with Crippen LogP contribution >= 0.6 is 0 Å². The summed E-state index contributed by atoms with van der Waals surface area (Å²) in [6.07, 6.45) is 22.1. The van der Waals surface area contributed by atoms with Crippen LogP contribution in [0.5, 0.6) is 23.0 Å². The Labute approximate surface area is 380 Å². The van der Waals surface area contributed by atoms with Crippen LogP contribution in [0.4, 0.5) is 0 Å². The van der Waals surface area contributed by atoms with Gasteiger partial charge in [-0.05, 0) is 136 Å². The van der Waals surface area contributed by atoms with Crippen LogP contribution in [0.25, 0.3) is 11.1 Å². The molecule has 7 nitrogen and oxygen atoms in total. The zero-order valence-corrected chi connectivity index (χ0v) is 43.8. The van der Waals surface area contributed by atoms with E-state index in [1.165, 1.54) is 57.4 Å². The monoisotopic (exact) mass is 906 g/mol. The number of carbonyl (C=O) groups excluding carboxylic acids is 1. The normalized spacial score (nSPS) is 11.2. The van der Waals surface area contributed by atoms with Crippen LogP contribution in [0.15, 0.2) is 66.7 Å². The molecule has 0 radical (unpaired) electrons. The number of benzene rings is 3. The van der Waals surface area contributed by atoms with Crippen LogP contribution in [0.3, 0.4) is 0 Å². The van der Waals surface area contributed by atoms with E-state index in [1.807, 2.05) is 24.3 Å². The Morgan fingerprint density at radius 3 is 1.73 bits per heavy atom. The Morgan fingerprint density at radius 1 is 0.581 bits per heavy atom. The lowest BCUT2D eigenvalue weighted by atomic mass is 10.1. The number of unbranched alkanes of at least 4 members (excludes halogenated alkanes) is 10. The highest BCUT2D eigenvalue weighted by molar-refractivity contribution is 6.86. The highest BCUT2D eigenvalue weighted by atomic mass is 28.4. The van der Waals surface area contributed by atoms with Crippen molar-refractivity contribution in [3.8, 4) is 82.2 Å². The molecule has 0 saturated carbocycles. The second-order valence-electron chi connectivity index (χ2n) is 17.5. The average Bonchev–Trinajstić information content (AvgIpc) is 3.25. The van der Waals surface area contributed by atoms with Gasteiger partial charge in [-0.2, -0.15) is 0 Å². The lowest BCUT2D eigenvalue weighted by molar-refractivity contribution is 0.0730. The first-order valence-electron chi connectivity index (χ1n) is 22.5. The van der Waals surface area contributed by atoms with Crippen molar-refractivity contribution in [3.05, 3.63) is 72.3 Å². The summed E-state index contributed by atoms with van der Waals surface area (Å²) < 4.78 is 36.5. The molecule has 0 bridgehead atoms. The van der Waals surface area contributed by atoms with Crippen molar-refractivity contribution in [2.24, 2.45) is 0 Å². The van der Waals surface area contributed by atoms with E-state index in [-0.39, 0.29) is 5.56 Å². The minimum absolute atomic E-state index is 0.285. The molecule has 3 aromatic rings. The van der Waals surface area contributed by atoms with Gasteiger partial charge in [0, 0.05) is 23.8 Å². The van der Waals surface area contributed by atoms with Crippen molar-refractivity contribution < 1.29 is 32.0 Å². The Morgan fingerprint density at radius 2 is 1.10 bits per heavy atom. The van der Waals surface area contributed by atoms with Crippen LogP contribution in [0.1, 0.15) is 94.3 Å². The summed E-state index contributed by atoms with van der Waals surface area (Å²) in [5, 5.41) is 0. The van der Waals surface area contributed by atoms with Gasteiger partial charge >= 0.3 is 5.97 Å². The summed E-state index contributed by atoms with van der Waals surface area (Å²) in [5.41, 5.74) is 2.34. The third-order valence-electron chi connectivity index (χ3n) is 10.6. The predicted molar refractivity (Wildman–Crippen MR) is 267 cm³/mol. The first-order valence-corrected chi connectivity index (χ1v) is 32.6. The highest BCUT2D eigenvalue weighted by Gasteiger charge is 2.34. The van der Waals surface area contributed by atoms with Crippen molar-refractivity contribution in [3.63, 3.8) is 0 Å². The number of hydrogen-bond donors (Lipinski definition) is 0. The van der Waals surface area contributed by atoms with Gasteiger partial charge in [0.05, 0.1) is 13.2 Å². The smallest absolute Gasteiger partial charge is 0.347 e.